The first-order valence-corrected chi connectivity index (χ1v) is 18.0. The highest BCUT2D eigenvalue weighted by molar-refractivity contribution is 5.67. The Hall–Kier alpha value is -2.16. The maximum absolute atomic E-state index is 12.7. The van der Waals surface area contributed by atoms with Crippen molar-refractivity contribution < 1.29 is 42.9 Å². The summed E-state index contributed by atoms with van der Waals surface area (Å²) in [6.45, 7) is 21.1. The third-order valence-electron chi connectivity index (χ3n) is 15.0. The van der Waals surface area contributed by atoms with Crippen molar-refractivity contribution in [1.29, 1.82) is 0 Å². The van der Waals surface area contributed by atoms with Crippen molar-refractivity contribution in [2.75, 3.05) is 0 Å². The molecular weight excluding hydrogens is 600 g/mol. The van der Waals surface area contributed by atoms with Gasteiger partial charge >= 0.3 is 23.9 Å². The molecule has 12 atom stereocenters. The fourth-order valence-electron chi connectivity index (χ4n) is 13.5. The summed E-state index contributed by atoms with van der Waals surface area (Å²) in [6, 6.07) is 0. The Bertz CT molecular complexity index is 1350. The lowest BCUT2D eigenvalue weighted by Gasteiger charge is -2.64. The highest BCUT2D eigenvalue weighted by Crippen LogP contribution is 2.89. The molecule has 2 spiro atoms. The molecule has 0 aromatic heterocycles. The SMILES string of the molecule is CC(=O)O[C@H]1C[C@@H]2[C@]3(CC[C@]4(C)[C@@H]([C@]5(C)CC[C@H](C(C)(C)OC(C)=O)O5)[C@H](OC(C)=O)C[C@@]24C)C[C@@]32CC[C@H](OC(C)=O)C(C)(C)[C@@H]12. The summed E-state index contributed by atoms with van der Waals surface area (Å²) in [5, 5.41) is 0. The molecule has 9 nitrogen and oxygen atoms in total. The van der Waals surface area contributed by atoms with Crippen LogP contribution in [0.4, 0.5) is 0 Å². The molecule has 264 valence electrons. The van der Waals surface area contributed by atoms with Crippen molar-refractivity contribution in [2.24, 2.45) is 44.8 Å². The van der Waals surface area contributed by atoms with Gasteiger partial charge in [0.15, 0.2) is 0 Å². The minimum Gasteiger partial charge on any atom is -0.462 e. The van der Waals surface area contributed by atoms with Gasteiger partial charge < -0.3 is 23.7 Å². The lowest BCUT2D eigenvalue weighted by molar-refractivity contribution is -0.225. The van der Waals surface area contributed by atoms with Crippen molar-refractivity contribution in [3.63, 3.8) is 0 Å². The van der Waals surface area contributed by atoms with E-state index in [0.29, 0.717) is 0 Å². The zero-order chi connectivity index (χ0) is 34.8. The third kappa shape index (κ3) is 4.85. The van der Waals surface area contributed by atoms with E-state index in [-0.39, 0.29) is 93.1 Å². The largest absolute Gasteiger partial charge is 0.462 e. The fourth-order valence-corrected chi connectivity index (χ4v) is 13.5. The summed E-state index contributed by atoms with van der Waals surface area (Å²) in [7, 11) is 0. The van der Waals surface area contributed by atoms with Crippen LogP contribution in [0.3, 0.4) is 0 Å². The summed E-state index contributed by atoms with van der Waals surface area (Å²) in [5.41, 5.74) is -2.06. The summed E-state index contributed by atoms with van der Waals surface area (Å²) < 4.78 is 31.2. The Balaban J connectivity index is 1.39. The van der Waals surface area contributed by atoms with Crippen LogP contribution in [0.5, 0.6) is 0 Å². The topological polar surface area (TPSA) is 114 Å². The molecule has 47 heavy (non-hydrogen) atoms. The molecule has 0 N–H and O–H groups in total. The molecule has 0 unspecified atom stereocenters. The van der Waals surface area contributed by atoms with Gasteiger partial charge in [-0.15, -0.1) is 0 Å². The predicted molar refractivity (Wildman–Crippen MR) is 173 cm³/mol. The van der Waals surface area contributed by atoms with Crippen molar-refractivity contribution in [1.82, 2.24) is 0 Å². The summed E-state index contributed by atoms with van der Waals surface area (Å²) >= 11 is 0. The normalized spacial score (nSPS) is 47.8. The molecule has 0 aromatic rings. The zero-order valence-electron chi connectivity index (χ0n) is 30.6. The van der Waals surface area contributed by atoms with Crippen LogP contribution in [0.25, 0.3) is 0 Å². The van der Waals surface area contributed by atoms with Gasteiger partial charge in [-0.05, 0) is 106 Å². The molecule has 1 heterocycles. The van der Waals surface area contributed by atoms with E-state index in [1.807, 2.05) is 13.8 Å². The van der Waals surface area contributed by atoms with Crippen LogP contribution in [0.1, 0.15) is 134 Å². The van der Waals surface area contributed by atoms with Gasteiger partial charge in [0.2, 0.25) is 0 Å². The van der Waals surface area contributed by atoms with E-state index < -0.39 is 11.2 Å². The molecule has 5 saturated carbocycles. The van der Waals surface area contributed by atoms with Crippen LogP contribution in [-0.2, 0) is 42.9 Å². The molecule has 1 aliphatic heterocycles. The average Bonchev–Trinajstić information content (AvgIpc) is 3.26. The van der Waals surface area contributed by atoms with E-state index in [0.717, 1.165) is 57.8 Å². The molecule has 6 rings (SSSR count). The number of ether oxygens (including phenoxy) is 5. The monoisotopic (exact) mass is 658 g/mol. The minimum atomic E-state index is -0.784. The molecule has 6 aliphatic rings. The number of hydrogen-bond donors (Lipinski definition) is 0. The molecule has 6 fully saturated rings. The first-order valence-electron chi connectivity index (χ1n) is 18.0. The first kappa shape index (κ1) is 34.7. The molecule has 5 aliphatic carbocycles. The predicted octanol–water partition coefficient (Wildman–Crippen LogP) is 6.72. The summed E-state index contributed by atoms with van der Waals surface area (Å²) in [5.74, 6) is -0.867. The highest BCUT2D eigenvalue weighted by atomic mass is 16.6. The number of fused-ring (bicyclic) bond motifs is 2. The highest BCUT2D eigenvalue weighted by Gasteiger charge is 2.85. The summed E-state index contributed by atoms with van der Waals surface area (Å²) in [4.78, 5) is 49.5. The second-order valence-electron chi connectivity index (χ2n) is 18.2. The molecule has 0 bridgehead atoms. The zero-order valence-corrected chi connectivity index (χ0v) is 30.6. The van der Waals surface area contributed by atoms with E-state index in [9.17, 15) is 19.2 Å². The maximum Gasteiger partial charge on any atom is 0.303 e. The lowest BCUT2D eigenvalue weighted by atomic mass is 9.41. The van der Waals surface area contributed by atoms with Gasteiger partial charge in [-0.3, -0.25) is 19.2 Å². The van der Waals surface area contributed by atoms with E-state index in [1.54, 1.807) is 0 Å². The van der Waals surface area contributed by atoms with Gasteiger partial charge in [0.1, 0.15) is 23.9 Å². The van der Waals surface area contributed by atoms with Gasteiger partial charge in [-0.1, -0.05) is 27.7 Å². The number of hydrogen-bond acceptors (Lipinski definition) is 9. The Morgan fingerprint density at radius 1 is 0.681 bits per heavy atom. The van der Waals surface area contributed by atoms with Crippen LogP contribution in [0.2, 0.25) is 0 Å². The lowest BCUT2D eigenvalue weighted by Crippen LogP contribution is -2.63. The first-order chi connectivity index (χ1) is 21.6. The smallest absolute Gasteiger partial charge is 0.303 e. The van der Waals surface area contributed by atoms with Gasteiger partial charge in [0.05, 0.1) is 11.7 Å². The Morgan fingerprint density at radius 2 is 1.30 bits per heavy atom. The maximum atomic E-state index is 12.7. The van der Waals surface area contributed by atoms with E-state index in [4.69, 9.17) is 23.7 Å². The van der Waals surface area contributed by atoms with Crippen LogP contribution in [-0.4, -0.2) is 59.5 Å². The molecular formula is C38H58O9. The third-order valence-corrected chi connectivity index (χ3v) is 15.0. The van der Waals surface area contributed by atoms with Crippen LogP contribution in [0, 0.1) is 44.8 Å². The number of rotatable bonds is 6. The van der Waals surface area contributed by atoms with E-state index in [1.165, 1.54) is 27.7 Å². The second-order valence-corrected chi connectivity index (χ2v) is 18.2. The van der Waals surface area contributed by atoms with E-state index in [2.05, 4.69) is 34.6 Å². The van der Waals surface area contributed by atoms with Crippen molar-refractivity contribution in [2.45, 2.75) is 170 Å². The van der Waals surface area contributed by atoms with Crippen molar-refractivity contribution in [3.05, 3.63) is 0 Å². The molecule has 0 amide bonds. The fraction of sp³-hybridized carbons (Fsp3) is 0.895. The number of carbonyl (C=O) groups excluding carboxylic acids is 4. The Labute approximate surface area is 280 Å². The van der Waals surface area contributed by atoms with Crippen LogP contribution < -0.4 is 0 Å². The Morgan fingerprint density at radius 3 is 1.89 bits per heavy atom. The van der Waals surface area contributed by atoms with Gasteiger partial charge in [0, 0.05) is 44.9 Å². The standard InChI is InChI=1S/C38H58O9/c1-21(39)43-25-18-27-35(10)19-26(44-22(2)40)31(36(11)14-12-29(47-36)33(7,8)46-24(4)42)34(35,9)16-17-37(27)20-38(37)15-13-28(45-23(3)41)32(5,6)30(25)38/h25-31H,12-20H2,1-11H3/t25-,26+,27-,28-,29+,30+,31-,34+,35-,36-,37-,38+/m0/s1. The van der Waals surface area contributed by atoms with Gasteiger partial charge in [-0.2, -0.15) is 0 Å². The van der Waals surface area contributed by atoms with E-state index >= 15 is 0 Å². The van der Waals surface area contributed by atoms with Gasteiger partial charge in [-0.25, -0.2) is 0 Å². The van der Waals surface area contributed by atoms with Crippen LogP contribution >= 0.6 is 0 Å². The molecule has 0 aromatic carbocycles. The quantitative estimate of drug-likeness (QED) is 0.227. The minimum absolute atomic E-state index is 0.00243. The molecule has 9 heteroatoms. The Kier molecular flexibility index (Phi) is 7.88. The molecule has 1 saturated heterocycles. The van der Waals surface area contributed by atoms with Crippen LogP contribution in [0.15, 0.2) is 0 Å². The average molecular weight is 659 g/mol. The van der Waals surface area contributed by atoms with Crippen molar-refractivity contribution in [3.8, 4) is 0 Å². The number of carbonyl (C=O) groups is 4. The second kappa shape index (κ2) is 10.7. The van der Waals surface area contributed by atoms with Crippen molar-refractivity contribution >= 4 is 23.9 Å². The molecule has 0 radical (unpaired) electrons. The summed E-state index contributed by atoms with van der Waals surface area (Å²) in [6.07, 6.45) is 6.77. The number of esters is 4. The van der Waals surface area contributed by atoms with Gasteiger partial charge in [0.25, 0.3) is 0 Å².